The average Bonchev–Trinajstić information content (AvgIpc) is 2.18. The zero-order valence-corrected chi connectivity index (χ0v) is 5.13. The molecule has 0 spiro atoms. The maximum Gasteiger partial charge on any atom is 0.275 e. The van der Waals surface area contributed by atoms with Crippen LogP contribution in [-0.2, 0) is 9.53 Å². The molecule has 0 N–H and O–H groups in total. The summed E-state index contributed by atoms with van der Waals surface area (Å²) in [5, 5.41) is 0. The molecule has 0 aromatic carbocycles. The number of ether oxygens (including phenoxy) is 1. The molecule has 1 heterocycles. The topological polar surface area (TPSA) is 38.7 Å². The van der Waals surface area contributed by atoms with E-state index in [4.69, 9.17) is 4.74 Å². The quantitative estimate of drug-likeness (QED) is 0.527. The minimum absolute atomic E-state index is 0.183. The molecule has 0 radical (unpaired) electrons. The number of amides is 1. The van der Waals surface area contributed by atoms with Crippen LogP contribution in [0.2, 0.25) is 0 Å². The number of methoxy groups -OCH3 is 1. The molecule has 0 fully saturated rings. The number of aliphatic imine (C=N–C) groups is 1. The van der Waals surface area contributed by atoms with Gasteiger partial charge in [0.25, 0.3) is 5.91 Å². The van der Waals surface area contributed by atoms with Crippen molar-refractivity contribution in [3.8, 4) is 0 Å². The molecule has 0 unspecified atom stereocenters. The van der Waals surface area contributed by atoms with E-state index in [1.54, 1.807) is 13.2 Å². The Morgan fingerprint density at radius 1 is 1.78 bits per heavy atom. The van der Waals surface area contributed by atoms with Crippen LogP contribution in [-0.4, -0.2) is 25.8 Å². The number of carbonyl (C=O) groups is 1. The smallest absolute Gasteiger partial charge is 0.275 e. The highest BCUT2D eigenvalue weighted by molar-refractivity contribution is 6.07. The van der Waals surface area contributed by atoms with E-state index >= 15 is 0 Å². The van der Waals surface area contributed by atoms with E-state index in [1.807, 2.05) is 0 Å². The Morgan fingerprint density at radius 3 is 3.00 bits per heavy atom. The van der Waals surface area contributed by atoms with Crippen molar-refractivity contribution in [3.05, 3.63) is 11.6 Å². The molecule has 1 aliphatic rings. The highest BCUT2D eigenvalue weighted by atomic mass is 16.5. The van der Waals surface area contributed by atoms with Crippen LogP contribution in [0.1, 0.15) is 0 Å². The fourth-order valence-electron chi connectivity index (χ4n) is 0.614. The molecule has 0 atom stereocenters. The van der Waals surface area contributed by atoms with Crippen molar-refractivity contribution in [2.75, 3.05) is 13.7 Å². The summed E-state index contributed by atoms with van der Waals surface area (Å²) >= 11 is 0. The molecule has 0 bridgehead atoms. The highest BCUT2D eigenvalue weighted by Gasteiger charge is 2.09. The van der Waals surface area contributed by atoms with Gasteiger partial charge >= 0.3 is 0 Å². The molecule has 1 amide bonds. The van der Waals surface area contributed by atoms with Gasteiger partial charge in [0, 0.05) is 18.9 Å². The number of carbonyl (C=O) groups excluding carboxylic acids is 1. The lowest BCUT2D eigenvalue weighted by Gasteiger charge is -1.93. The van der Waals surface area contributed by atoms with Crippen LogP contribution in [0.3, 0.4) is 0 Å². The lowest BCUT2D eigenvalue weighted by Crippen LogP contribution is -2.00. The van der Waals surface area contributed by atoms with Gasteiger partial charge in [-0.3, -0.25) is 4.79 Å². The number of rotatable bonds is 2. The standard InChI is InChI=1S/C6H7NO2/c1-9-4-5-2-3-7-6(5)8/h2-3H,4H2,1H3. The largest absolute Gasteiger partial charge is 0.380 e. The third kappa shape index (κ3) is 1.23. The van der Waals surface area contributed by atoms with E-state index in [0.29, 0.717) is 12.2 Å². The van der Waals surface area contributed by atoms with Gasteiger partial charge in [0.05, 0.1) is 6.61 Å². The van der Waals surface area contributed by atoms with E-state index < -0.39 is 0 Å². The predicted molar refractivity (Wildman–Crippen MR) is 33.5 cm³/mol. The van der Waals surface area contributed by atoms with Gasteiger partial charge in [0.2, 0.25) is 0 Å². The highest BCUT2D eigenvalue weighted by Crippen LogP contribution is 2.01. The normalized spacial score (nSPS) is 16.6. The predicted octanol–water partition coefficient (Wildman–Crippen LogP) is 0.170. The molecule has 1 rings (SSSR count). The number of hydrogen-bond acceptors (Lipinski definition) is 2. The first-order chi connectivity index (χ1) is 4.34. The Balaban J connectivity index is 2.54. The summed E-state index contributed by atoms with van der Waals surface area (Å²) in [7, 11) is 1.55. The van der Waals surface area contributed by atoms with E-state index in [9.17, 15) is 4.79 Å². The van der Waals surface area contributed by atoms with Crippen LogP contribution in [0, 0.1) is 0 Å². The van der Waals surface area contributed by atoms with Gasteiger partial charge in [-0.2, -0.15) is 0 Å². The van der Waals surface area contributed by atoms with Gasteiger partial charge in [-0.1, -0.05) is 0 Å². The summed E-state index contributed by atoms with van der Waals surface area (Å²) in [5.74, 6) is -0.183. The second-order valence-corrected chi connectivity index (χ2v) is 1.71. The van der Waals surface area contributed by atoms with Crippen molar-refractivity contribution in [2.24, 2.45) is 4.99 Å². The molecule has 9 heavy (non-hydrogen) atoms. The molecule has 0 saturated carbocycles. The van der Waals surface area contributed by atoms with Crippen LogP contribution in [0.15, 0.2) is 16.6 Å². The van der Waals surface area contributed by atoms with Crippen LogP contribution in [0.5, 0.6) is 0 Å². The van der Waals surface area contributed by atoms with Crippen molar-refractivity contribution < 1.29 is 9.53 Å². The van der Waals surface area contributed by atoms with Gasteiger partial charge in [0.1, 0.15) is 0 Å². The maximum atomic E-state index is 10.6. The molecule has 3 heteroatoms. The Labute approximate surface area is 53.0 Å². The van der Waals surface area contributed by atoms with Crippen LogP contribution in [0.4, 0.5) is 0 Å². The van der Waals surface area contributed by atoms with Crippen LogP contribution in [0.25, 0.3) is 0 Å². The first kappa shape index (κ1) is 6.16. The Hall–Kier alpha value is -0.960. The van der Waals surface area contributed by atoms with Gasteiger partial charge in [0.15, 0.2) is 0 Å². The fourth-order valence-corrected chi connectivity index (χ4v) is 0.614. The van der Waals surface area contributed by atoms with Gasteiger partial charge < -0.3 is 4.74 Å². The Bertz CT molecular complexity index is 181. The van der Waals surface area contributed by atoms with E-state index in [-0.39, 0.29) is 5.91 Å². The zero-order valence-electron chi connectivity index (χ0n) is 5.13. The van der Waals surface area contributed by atoms with Crippen LogP contribution >= 0.6 is 0 Å². The molecular weight excluding hydrogens is 118 g/mol. The molecule has 3 nitrogen and oxygen atoms in total. The summed E-state index contributed by atoms with van der Waals surface area (Å²) in [6.45, 7) is 0.360. The van der Waals surface area contributed by atoms with Gasteiger partial charge in [-0.25, -0.2) is 4.99 Å². The first-order valence-corrected chi connectivity index (χ1v) is 2.61. The molecular formula is C6H7NO2. The van der Waals surface area contributed by atoms with Crippen LogP contribution < -0.4 is 0 Å². The zero-order chi connectivity index (χ0) is 6.69. The maximum absolute atomic E-state index is 10.6. The van der Waals surface area contributed by atoms with Crippen molar-refractivity contribution in [1.29, 1.82) is 0 Å². The molecule has 0 saturated heterocycles. The third-order valence-electron chi connectivity index (χ3n) is 1.04. The Kier molecular flexibility index (Phi) is 1.75. The fraction of sp³-hybridized carbons (Fsp3) is 0.333. The van der Waals surface area contributed by atoms with Gasteiger partial charge in [-0.05, 0) is 6.08 Å². The van der Waals surface area contributed by atoms with Crippen molar-refractivity contribution in [2.45, 2.75) is 0 Å². The van der Waals surface area contributed by atoms with E-state index in [2.05, 4.69) is 4.99 Å². The number of nitrogens with zero attached hydrogens (tertiary/aromatic N) is 1. The van der Waals surface area contributed by atoms with Gasteiger partial charge in [-0.15, -0.1) is 0 Å². The molecule has 48 valence electrons. The van der Waals surface area contributed by atoms with Crippen molar-refractivity contribution in [3.63, 3.8) is 0 Å². The van der Waals surface area contributed by atoms with E-state index in [0.717, 1.165) is 0 Å². The lowest BCUT2D eigenvalue weighted by molar-refractivity contribution is -0.114. The molecule has 0 aromatic heterocycles. The molecule has 0 aliphatic carbocycles. The number of allylic oxidation sites excluding steroid dienone is 1. The summed E-state index contributed by atoms with van der Waals surface area (Å²) in [4.78, 5) is 14.1. The Morgan fingerprint density at radius 2 is 2.56 bits per heavy atom. The average molecular weight is 125 g/mol. The van der Waals surface area contributed by atoms with E-state index in [1.165, 1.54) is 6.21 Å². The lowest BCUT2D eigenvalue weighted by atomic mass is 10.3. The second kappa shape index (κ2) is 2.55. The molecule has 1 aliphatic heterocycles. The number of hydrogen-bond donors (Lipinski definition) is 0. The summed E-state index contributed by atoms with van der Waals surface area (Å²) in [6, 6.07) is 0. The minimum atomic E-state index is -0.183. The summed E-state index contributed by atoms with van der Waals surface area (Å²) < 4.78 is 4.73. The first-order valence-electron chi connectivity index (χ1n) is 2.61. The molecule has 0 aromatic rings. The summed E-state index contributed by atoms with van der Waals surface area (Å²) in [5.41, 5.74) is 0.623. The third-order valence-corrected chi connectivity index (χ3v) is 1.04. The second-order valence-electron chi connectivity index (χ2n) is 1.71. The van der Waals surface area contributed by atoms with Crippen molar-refractivity contribution in [1.82, 2.24) is 0 Å². The summed E-state index contributed by atoms with van der Waals surface area (Å²) in [6.07, 6.45) is 3.14. The van der Waals surface area contributed by atoms with Crippen molar-refractivity contribution >= 4 is 12.1 Å². The SMILES string of the molecule is COCC1=CC=NC1=O. The monoisotopic (exact) mass is 125 g/mol. The minimum Gasteiger partial charge on any atom is -0.380 e.